The molecule has 0 radical (unpaired) electrons. The number of nitrogens with one attached hydrogen (secondary N) is 1. The number of nitrogens with zero attached hydrogens (tertiary/aromatic N) is 3. The largest absolute Gasteiger partial charge is 0.383 e. The van der Waals surface area contributed by atoms with Gasteiger partial charge in [0, 0.05) is 50.4 Å². The zero-order valence-electron chi connectivity index (χ0n) is 16.1. The Bertz CT molecular complexity index is 572. The summed E-state index contributed by atoms with van der Waals surface area (Å²) in [5, 5.41) is 6.37. The van der Waals surface area contributed by atoms with Crippen LogP contribution in [-0.2, 0) is 16.1 Å². The number of methoxy groups -OCH3 is 1. The lowest BCUT2D eigenvalue weighted by Crippen LogP contribution is -2.50. The molecule has 6 nitrogen and oxygen atoms in total. The number of carbonyl (C=O) groups excluding carboxylic acids is 1. The molecule has 0 saturated carbocycles. The number of amides is 1. The van der Waals surface area contributed by atoms with Crippen LogP contribution in [0.4, 0.5) is 0 Å². The molecule has 0 aromatic carbocycles. The Morgan fingerprint density at radius 2 is 2.15 bits per heavy atom. The van der Waals surface area contributed by atoms with Crippen LogP contribution in [0.3, 0.4) is 0 Å². The van der Waals surface area contributed by atoms with Crippen molar-refractivity contribution in [2.24, 2.45) is 5.92 Å². The maximum absolute atomic E-state index is 12.4. The Labute approximate surface area is 160 Å². The van der Waals surface area contributed by atoms with Gasteiger partial charge in [0.25, 0.3) is 0 Å². The minimum Gasteiger partial charge on any atom is -0.383 e. The molecule has 2 fully saturated rings. The normalized spacial score (nSPS) is 23.2. The number of ether oxygens (including phenoxy) is 1. The van der Waals surface area contributed by atoms with Gasteiger partial charge in [-0.1, -0.05) is 0 Å². The van der Waals surface area contributed by atoms with Gasteiger partial charge in [0.2, 0.25) is 5.91 Å². The highest BCUT2D eigenvalue weighted by Gasteiger charge is 2.31. The van der Waals surface area contributed by atoms with E-state index < -0.39 is 0 Å². The van der Waals surface area contributed by atoms with Gasteiger partial charge in [-0.2, -0.15) is 0 Å². The topological polar surface area (TPSA) is 57.7 Å². The maximum Gasteiger partial charge on any atom is 0.224 e. The first kappa shape index (κ1) is 19.7. The Hall–Kier alpha value is -1.02. The number of hydrogen-bond donors (Lipinski definition) is 1. The Morgan fingerprint density at radius 3 is 2.85 bits per heavy atom. The Morgan fingerprint density at radius 1 is 1.35 bits per heavy atom. The summed E-state index contributed by atoms with van der Waals surface area (Å²) in [6.45, 7) is 8.54. The van der Waals surface area contributed by atoms with Crippen molar-refractivity contribution in [2.75, 3.05) is 46.4 Å². The molecular formula is C19H32N4O2S. The lowest BCUT2D eigenvalue weighted by Gasteiger charge is -2.41. The molecule has 26 heavy (non-hydrogen) atoms. The molecule has 0 unspecified atom stereocenters. The Kier molecular flexibility index (Phi) is 7.42. The summed E-state index contributed by atoms with van der Waals surface area (Å²) in [5.41, 5.74) is 1.13. The summed E-state index contributed by atoms with van der Waals surface area (Å²) in [6, 6.07) is 0.624. The predicted molar refractivity (Wildman–Crippen MR) is 104 cm³/mol. The van der Waals surface area contributed by atoms with E-state index in [1.54, 1.807) is 18.4 Å². The number of piperidine rings is 2. The fourth-order valence-corrected chi connectivity index (χ4v) is 4.90. The number of rotatable bonds is 7. The molecule has 146 valence electrons. The molecule has 1 aromatic rings. The van der Waals surface area contributed by atoms with Crippen molar-refractivity contribution < 1.29 is 9.53 Å². The maximum atomic E-state index is 12.4. The van der Waals surface area contributed by atoms with Gasteiger partial charge in [-0.3, -0.25) is 14.6 Å². The molecule has 3 heterocycles. The SMILES string of the molecule is COCCNC(=O)[C@H]1CCCN(C2CCN(Cc3nc(C)cs3)CC2)C1. The summed E-state index contributed by atoms with van der Waals surface area (Å²) in [7, 11) is 1.66. The molecule has 1 atom stereocenters. The second-order valence-electron chi connectivity index (χ2n) is 7.51. The third kappa shape index (κ3) is 5.49. The predicted octanol–water partition coefficient (Wildman–Crippen LogP) is 1.89. The minimum atomic E-state index is 0.136. The van der Waals surface area contributed by atoms with Gasteiger partial charge < -0.3 is 10.1 Å². The molecule has 1 amide bonds. The molecule has 2 aliphatic heterocycles. The average molecular weight is 381 g/mol. The van der Waals surface area contributed by atoms with Crippen molar-refractivity contribution in [3.8, 4) is 0 Å². The molecule has 1 aromatic heterocycles. The summed E-state index contributed by atoms with van der Waals surface area (Å²) in [4.78, 5) is 22.0. The minimum absolute atomic E-state index is 0.136. The van der Waals surface area contributed by atoms with Crippen LogP contribution in [0.5, 0.6) is 0 Å². The quantitative estimate of drug-likeness (QED) is 0.732. The van der Waals surface area contributed by atoms with Crippen molar-refractivity contribution in [3.63, 3.8) is 0 Å². The standard InChI is InChI=1S/C19H32N4O2S/c1-15-14-26-18(21-15)13-22-9-5-17(6-10-22)23-8-3-4-16(12-23)19(24)20-7-11-25-2/h14,16-17H,3-13H2,1-2H3,(H,20,24)/t16-/m0/s1. The van der Waals surface area contributed by atoms with Crippen LogP contribution in [-0.4, -0.2) is 73.2 Å². The Balaban J connectivity index is 1.42. The smallest absolute Gasteiger partial charge is 0.224 e. The van der Waals surface area contributed by atoms with Crippen LogP contribution in [0.15, 0.2) is 5.38 Å². The van der Waals surface area contributed by atoms with E-state index in [0.29, 0.717) is 19.2 Å². The number of thiazole rings is 1. The fraction of sp³-hybridized carbons (Fsp3) is 0.789. The summed E-state index contributed by atoms with van der Waals surface area (Å²) in [6.07, 6.45) is 4.53. The molecule has 2 aliphatic rings. The highest BCUT2D eigenvalue weighted by atomic mass is 32.1. The molecule has 1 N–H and O–H groups in total. The molecule has 2 saturated heterocycles. The molecular weight excluding hydrogens is 348 g/mol. The van der Waals surface area contributed by atoms with Crippen molar-refractivity contribution in [1.29, 1.82) is 0 Å². The fourth-order valence-electron chi connectivity index (χ4n) is 4.08. The van der Waals surface area contributed by atoms with Crippen LogP contribution in [0, 0.1) is 12.8 Å². The number of aromatic nitrogens is 1. The van der Waals surface area contributed by atoms with E-state index in [4.69, 9.17) is 4.74 Å². The number of carbonyl (C=O) groups is 1. The number of likely N-dealkylation sites (tertiary alicyclic amines) is 2. The van der Waals surface area contributed by atoms with Crippen molar-refractivity contribution >= 4 is 17.2 Å². The summed E-state index contributed by atoms with van der Waals surface area (Å²) < 4.78 is 5.02. The summed E-state index contributed by atoms with van der Waals surface area (Å²) >= 11 is 1.77. The lowest BCUT2D eigenvalue weighted by molar-refractivity contribution is -0.127. The zero-order chi connectivity index (χ0) is 18.4. The van der Waals surface area contributed by atoms with Crippen LogP contribution < -0.4 is 5.32 Å². The molecule has 0 bridgehead atoms. The van der Waals surface area contributed by atoms with Crippen molar-refractivity contribution in [1.82, 2.24) is 20.1 Å². The van der Waals surface area contributed by atoms with Gasteiger partial charge in [0.05, 0.1) is 19.1 Å². The van der Waals surface area contributed by atoms with E-state index in [1.165, 1.54) is 17.8 Å². The molecule has 7 heteroatoms. The van der Waals surface area contributed by atoms with Gasteiger partial charge in [-0.15, -0.1) is 11.3 Å². The van der Waals surface area contributed by atoms with E-state index in [-0.39, 0.29) is 11.8 Å². The first-order valence-corrected chi connectivity index (χ1v) is 10.7. The lowest BCUT2D eigenvalue weighted by atomic mass is 9.93. The molecule has 0 aliphatic carbocycles. The highest BCUT2D eigenvalue weighted by Crippen LogP contribution is 2.25. The van der Waals surface area contributed by atoms with Crippen molar-refractivity contribution in [2.45, 2.75) is 45.2 Å². The van der Waals surface area contributed by atoms with Crippen LogP contribution >= 0.6 is 11.3 Å². The second kappa shape index (κ2) is 9.78. The van der Waals surface area contributed by atoms with E-state index >= 15 is 0 Å². The zero-order valence-corrected chi connectivity index (χ0v) is 16.9. The molecule has 0 spiro atoms. The van der Waals surface area contributed by atoms with E-state index in [0.717, 1.165) is 51.3 Å². The van der Waals surface area contributed by atoms with Gasteiger partial charge in [0.15, 0.2) is 0 Å². The van der Waals surface area contributed by atoms with Crippen LogP contribution in [0.1, 0.15) is 36.4 Å². The van der Waals surface area contributed by atoms with Crippen LogP contribution in [0.25, 0.3) is 0 Å². The second-order valence-corrected chi connectivity index (χ2v) is 8.45. The highest BCUT2D eigenvalue weighted by molar-refractivity contribution is 7.09. The van der Waals surface area contributed by atoms with E-state index in [9.17, 15) is 4.79 Å². The van der Waals surface area contributed by atoms with Gasteiger partial charge in [-0.05, 0) is 39.2 Å². The number of aryl methyl sites for hydroxylation is 1. The summed E-state index contributed by atoms with van der Waals surface area (Å²) in [5.74, 6) is 0.334. The van der Waals surface area contributed by atoms with E-state index in [1.807, 2.05) is 0 Å². The monoisotopic (exact) mass is 380 g/mol. The third-order valence-electron chi connectivity index (χ3n) is 5.53. The third-order valence-corrected chi connectivity index (χ3v) is 6.48. The number of hydrogen-bond acceptors (Lipinski definition) is 6. The van der Waals surface area contributed by atoms with Gasteiger partial charge >= 0.3 is 0 Å². The first-order valence-electron chi connectivity index (χ1n) is 9.79. The van der Waals surface area contributed by atoms with Crippen molar-refractivity contribution in [3.05, 3.63) is 16.1 Å². The van der Waals surface area contributed by atoms with E-state index in [2.05, 4.69) is 32.4 Å². The average Bonchev–Trinajstić information content (AvgIpc) is 3.07. The molecule has 3 rings (SSSR count). The van der Waals surface area contributed by atoms with Gasteiger partial charge in [0.1, 0.15) is 5.01 Å². The first-order chi connectivity index (χ1) is 12.7. The van der Waals surface area contributed by atoms with Crippen LogP contribution in [0.2, 0.25) is 0 Å². The van der Waals surface area contributed by atoms with Gasteiger partial charge in [-0.25, -0.2) is 4.98 Å².